The second kappa shape index (κ2) is 6.10. The van der Waals surface area contributed by atoms with Gasteiger partial charge in [0.2, 0.25) is 0 Å². The molecule has 0 aliphatic heterocycles. The average molecular weight is 284 g/mol. The van der Waals surface area contributed by atoms with Crippen LogP contribution in [0, 0.1) is 11.3 Å². The summed E-state index contributed by atoms with van der Waals surface area (Å²) in [5, 5.41) is 17.4. The Morgan fingerprint density at radius 2 is 2.15 bits per heavy atom. The highest BCUT2D eigenvalue weighted by Gasteiger charge is 2.34. The summed E-state index contributed by atoms with van der Waals surface area (Å²) in [4.78, 5) is 11.9. The number of carbonyl (C=O) groups is 1. The molecular weight excluding hydrogens is 273 g/mol. The van der Waals surface area contributed by atoms with Gasteiger partial charge < -0.3 is 10.0 Å². The van der Waals surface area contributed by atoms with Gasteiger partial charge in [-0.15, -0.1) is 6.58 Å². The lowest BCUT2D eigenvalue weighted by Gasteiger charge is -2.22. The number of alkyl halides is 3. The molecule has 0 unspecified atom stereocenters. The third kappa shape index (κ3) is 3.75. The van der Waals surface area contributed by atoms with Gasteiger partial charge in [0, 0.05) is 12.2 Å². The van der Waals surface area contributed by atoms with E-state index in [9.17, 15) is 18.0 Å². The van der Waals surface area contributed by atoms with Crippen LogP contribution in [0.4, 0.5) is 18.9 Å². The van der Waals surface area contributed by atoms with Gasteiger partial charge in [0.05, 0.1) is 17.2 Å². The Morgan fingerprint density at radius 3 is 2.60 bits per heavy atom. The summed E-state index contributed by atoms with van der Waals surface area (Å²) in [7, 11) is 0. The molecule has 0 heterocycles. The van der Waals surface area contributed by atoms with Gasteiger partial charge in [-0.05, 0) is 18.2 Å². The molecule has 1 N–H and O–H groups in total. The third-order valence-electron chi connectivity index (χ3n) is 2.47. The molecule has 1 aromatic rings. The van der Waals surface area contributed by atoms with E-state index in [-0.39, 0.29) is 12.2 Å². The van der Waals surface area contributed by atoms with Gasteiger partial charge in [0.25, 0.3) is 0 Å². The van der Waals surface area contributed by atoms with Crippen LogP contribution in [0.2, 0.25) is 0 Å². The Bertz CT molecular complexity index is 562. The molecule has 0 amide bonds. The highest BCUT2D eigenvalue weighted by Crippen LogP contribution is 2.34. The minimum absolute atomic E-state index is 0.0682. The fourth-order valence-electron chi connectivity index (χ4n) is 1.64. The first kappa shape index (κ1) is 15.6. The number of nitriles is 1. The van der Waals surface area contributed by atoms with Crippen LogP contribution in [0.3, 0.4) is 0 Å². The molecule has 0 fully saturated rings. The highest BCUT2D eigenvalue weighted by atomic mass is 19.4. The lowest BCUT2D eigenvalue weighted by molar-refractivity contribution is -0.137. The minimum Gasteiger partial charge on any atom is -0.480 e. The number of carboxylic acids is 1. The lowest BCUT2D eigenvalue weighted by atomic mass is 10.1. The van der Waals surface area contributed by atoms with Gasteiger partial charge in [-0.25, -0.2) is 0 Å². The predicted molar refractivity (Wildman–Crippen MR) is 66.2 cm³/mol. The van der Waals surface area contributed by atoms with Crippen LogP contribution in [-0.2, 0) is 11.0 Å². The number of hydrogen-bond donors (Lipinski definition) is 1. The maximum Gasteiger partial charge on any atom is 0.417 e. The molecule has 0 saturated carbocycles. The lowest BCUT2D eigenvalue weighted by Crippen LogP contribution is -2.30. The number of halogens is 3. The SMILES string of the molecule is C=CCN(CC(=O)O)c1ccc(C#N)c(C(F)(F)F)c1. The Morgan fingerprint density at radius 1 is 1.50 bits per heavy atom. The topological polar surface area (TPSA) is 64.3 Å². The van der Waals surface area contributed by atoms with Crippen molar-refractivity contribution in [1.29, 1.82) is 5.26 Å². The standard InChI is InChI=1S/C13H11F3N2O2/c1-2-5-18(8-12(19)20)10-4-3-9(7-17)11(6-10)13(14,15)16/h2-4,6H,1,5,8H2,(H,19,20). The number of benzene rings is 1. The van der Waals surface area contributed by atoms with Gasteiger partial charge >= 0.3 is 12.1 Å². The van der Waals surface area contributed by atoms with Gasteiger partial charge in [0.1, 0.15) is 6.54 Å². The molecule has 20 heavy (non-hydrogen) atoms. The zero-order chi connectivity index (χ0) is 15.3. The quantitative estimate of drug-likeness (QED) is 0.844. The van der Waals surface area contributed by atoms with E-state index in [1.165, 1.54) is 23.1 Å². The van der Waals surface area contributed by atoms with Crippen molar-refractivity contribution >= 4 is 11.7 Å². The number of nitrogens with zero attached hydrogens (tertiary/aromatic N) is 2. The van der Waals surface area contributed by atoms with Gasteiger partial charge in [-0.3, -0.25) is 4.79 Å². The number of carboxylic acid groups (broad SMARTS) is 1. The van der Waals surface area contributed by atoms with Crippen molar-refractivity contribution < 1.29 is 23.1 Å². The van der Waals surface area contributed by atoms with Crippen molar-refractivity contribution in [2.24, 2.45) is 0 Å². The molecule has 0 spiro atoms. The fraction of sp³-hybridized carbons (Fsp3) is 0.231. The van der Waals surface area contributed by atoms with Gasteiger partial charge in [0.15, 0.2) is 0 Å². The van der Waals surface area contributed by atoms with Gasteiger partial charge in [-0.2, -0.15) is 18.4 Å². The first-order chi connectivity index (χ1) is 9.29. The van der Waals surface area contributed by atoms with E-state index >= 15 is 0 Å². The van der Waals surface area contributed by atoms with Crippen molar-refractivity contribution in [3.8, 4) is 6.07 Å². The van der Waals surface area contributed by atoms with Crippen molar-refractivity contribution in [3.63, 3.8) is 0 Å². The molecule has 0 saturated heterocycles. The van der Waals surface area contributed by atoms with Crippen molar-refractivity contribution in [3.05, 3.63) is 42.0 Å². The van der Waals surface area contributed by atoms with Crippen molar-refractivity contribution in [2.75, 3.05) is 18.0 Å². The fourth-order valence-corrected chi connectivity index (χ4v) is 1.64. The minimum atomic E-state index is -4.68. The summed E-state index contributed by atoms with van der Waals surface area (Å²) in [6, 6.07) is 4.54. The van der Waals surface area contributed by atoms with Crippen molar-refractivity contribution in [1.82, 2.24) is 0 Å². The maximum atomic E-state index is 12.8. The highest BCUT2D eigenvalue weighted by molar-refractivity contribution is 5.74. The van der Waals surface area contributed by atoms with Crippen LogP contribution >= 0.6 is 0 Å². The van der Waals surface area contributed by atoms with E-state index in [4.69, 9.17) is 10.4 Å². The molecular formula is C13H11F3N2O2. The summed E-state index contributed by atoms with van der Waals surface area (Å²) in [5.74, 6) is -1.18. The number of anilines is 1. The number of hydrogen-bond acceptors (Lipinski definition) is 3. The maximum absolute atomic E-state index is 12.8. The van der Waals surface area contributed by atoms with Crippen molar-refractivity contribution in [2.45, 2.75) is 6.18 Å². The van der Waals surface area contributed by atoms with Crippen LogP contribution in [0.1, 0.15) is 11.1 Å². The number of rotatable bonds is 5. The predicted octanol–water partition coefficient (Wildman–Crippen LogP) is 2.65. The first-order valence-electron chi connectivity index (χ1n) is 5.48. The van der Waals surface area contributed by atoms with Crippen LogP contribution in [-0.4, -0.2) is 24.2 Å². The smallest absolute Gasteiger partial charge is 0.417 e. The Balaban J connectivity index is 3.28. The first-order valence-corrected chi connectivity index (χ1v) is 5.48. The van der Waals surface area contributed by atoms with E-state index in [1.54, 1.807) is 0 Å². The molecule has 1 rings (SSSR count). The van der Waals surface area contributed by atoms with Crippen LogP contribution in [0.25, 0.3) is 0 Å². The Kier molecular flexibility index (Phi) is 4.75. The second-order valence-electron chi connectivity index (χ2n) is 3.90. The van der Waals surface area contributed by atoms with Crippen LogP contribution in [0.15, 0.2) is 30.9 Å². The zero-order valence-corrected chi connectivity index (χ0v) is 10.3. The summed E-state index contributed by atoms with van der Waals surface area (Å²) in [6.45, 7) is 3.04. The summed E-state index contributed by atoms with van der Waals surface area (Å²) >= 11 is 0. The molecule has 106 valence electrons. The molecule has 0 radical (unpaired) electrons. The Labute approximate surface area is 113 Å². The summed E-state index contributed by atoms with van der Waals surface area (Å²) in [6.07, 6.45) is -3.29. The average Bonchev–Trinajstić information content (AvgIpc) is 2.36. The Hall–Kier alpha value is -2.49. The largest absolute Gasteiger partial charge is 0.480 e. The molecule has 7 heteroatoms. The normalized spacial score (nSPS) is 10.7. The number of aliphatic carboxylic acids is 1. The zero-order valence-electron chi connectivity index (χ0n) is 10.3. The van der Waals surface area contributed by atoms with E-state index in [0.29, 0.717) is 0 Å². The molecule has 4 nitrogen and oxygen atoms in total. The van der Waals surface area contributed by atoms with Crippen LogP contribution < -0.4 is 4.90 Å². The summed E-state index contributed by atoms with van der Waals surface area (Å²) < 4.78 is 38.5. The summed E-state index contributed by atoms with van der Waals surface area (Å²) in [5.41, 5.74) is -1.52. The van der Waals surface area contributed by atoms with E-state index in [0.717, 1.165) is 12.1 Å². The van der Waals surface area contributed by atoms with E-state index in [1.807, 2.05) is 0 Å². The monoisotopic (exact) mass is 284 g/mol. The molecule has 0 aliphatic rings. The third-order valence-corrected chi connectivity index (χ3v) is 2.47. The molecule has 0 atom stereocenters. The molecule has 1 aromatic carbocycles. The van der Waals surface area contributed by atoms with Gasteiger partial charge in [-0.1, -0.05) is 6.08 Å². The molecule has 0 aliphatic carbocycles. The van der Waals surface area contributed by atoms with Crippen LogP contribution in [0.5, 0.6) is 0 Å². The molecule has 0 aromatic heterocycles. The van der Waals surface area contributed by atoms with E-state index < -0.39 is 29.8 Å². The second-order valence-corrected chi connectivity index (χ2v) is 3.90. The van der Waals surface area contributed by atoms with E-state index in [2.05, 4.69) is 6.58 Å². The molecule has 0 bridgehead atoms.